The zero-order chi connectivity index (χ0) is 20.9. The number of hydrogen-bond acceptors (Lipinski definition) is 7. The van der Waals surface area contributed by atoms with Gasteiger partial charge < -0.3 is 24.1 Å². The van der Waals surface area contributed by atoms with Gasteiger partial charge in [0.15, 0.2) is 6.10 Å². The molecule has 7 heteroatoms. The van der Waals surface area contributed by atoms with E-state index in [9.17, 15) is 19.8 Å². The van der Waals surface area contributed by atoms with Crippen molar-refractivity contribution in [1.82, 2.24) is 0 Å². The molecule has 4 aliphatic rings. The van der Waals surface area contributed by atoms with Crippen LogP contribution in [0.25, 0.3) is 0 Å². The van der Waals surface area contributed by atoms with E-state index < -0.39 is 46.6 Å². The largest absolute Gasteiger partial charge is 0.469 e. The normalized spacial score (nSPS) is 46.9. The first-order valence-electron chi connectivity index (χ1n) is 10.4. The predicted molar refractivity (Wildman–Crippen MR) is 99.6 cm³/mol. The maximum Gasteiger partial charge on any atom is 0.314 e. The second-order valence-electron chi connectivity index (χ2n) is 10.1. The van der Waals surface area contributed by atoms with Crippen molar-refractivity contribution in [3.63, 3.8) is 0 Å². The molecule has 3 fully saturated rings. The first-order chi connectivity index (χ1) is 13.5. The van der Waals surface area contributed by atoms with Crippen LogP contribution in [0.3, 0.4) is 0 Å². The first-order valence-corrected chi connectivity index (χ1v) is 10.4. The van der Waals surface area contributed by atoms with Crippen LogP contribution in [0.1, 0.15) is 57.8 Å². The van der Waals surface area contributed by atoms with Gasteiger partial charge in [0, 0.05) is 30.2 Å². The number of carbonyl (C=O) groups excluding carboxylic acids is 2. The molecule has 0 radical (unpaired) electrons. The monoisotopic (exact) mass is 404 g/mol. The van der Waals surface area contributed by atoms with E-state index in [0.717, 1.165) is 5.56 Å². The van der Waals surface area contributed by atoms with Crippen molar-refractivity contribution in [2.75, 3.05) is 0 Å². The third kappa shape index (κ3) is 2.05. The van der Waals surface area contributed by atoms with Gasteiger partial charge in [0.05, 0.1) is 18.3 Å². The van der Waals surface area contributed by atoms with E-state index in [1.165, 1.54) is 6.92 Å². The Morgan fingerprint density at radius 1 is 1.31 bits per heavy atom. The van der Waals surface area contributed by atoms with Crippen molar-refractivity contribution in [3.8, 4) is 0 Å². The minimum atomic E-state index is -1.57. The molecule has 0 amide bonds. The number of esters is 2. The summed E-state index contributed by atoms with van der Waals surface area (Å²) in [4.78, 5) is 25.0. The van der Waals surface area contributed by atoms with Crippen molar-refractivity contribution in [2.45, 2.75) is 76.8 Å². The van der Waals surface area contributed by atoms with Gasteiger partial charge in [-0.2, -0.15) is 0 Å². The van der Waals surface area contributed by atoms with Gasteiger partial charge in [-0.25, -0.2) is 0 Å². The van der Waals surface area contributed by atoms with Gasteiger partial charge in [-0.05, 0) is 30.2 Å². The average Bonchev–Trinajstić information content (AvgIpc) is 3.24. The van der Waals surface area contributed by atoms with E-state index in [1.807, 2.05) is 20.8 Å². The third-order valence-corrected chi connectivity index (χ3v) is 8.62. The molecule has 2 saturated carbocycles. The Labute approximate surface area is 169 Å². The second kappa shape index (κ2) is 5.64. The van der Waals surface area contributed by atoms with Gasteiger partial charge in [0.1, 0.15) is 17.5 Å². The number of hydrogen-bond donors (Lipinski definition) is 2. The number of rotatable bonds is 1. The van der Waals surface area contributed by atoms with Gasteiger partial charge >= 0.3 is 11.9 Å². The predicted octanol–water partition coefficient (Wildman–Crippen LogP) is 1.94. The maximum absolute atomic E-state index is 13.0. The molecule has 1 aliphatic heterocycles. The van der Waals surface area contributed by atoms with Gasteiger partial charge in [-0.15, -0.1) is 0 Å². The molecule has 0 aromatic carbocycles. The summed E-state index contributed by atoms with van der Waals surface area (Å²) in [5.74, 6) is -1.31. The Kier molecular flexibility index (Phi) is 3.72. The van der Waals surface area contributed by atoms with E-state index >= 15 is 0 Å². The highest BCUT2D eigenvalue weighted by molar-refractivity contribution is 5.82. The summed E-state index contributed by atoms with van der Waals surface area (Å²) in [6.45, 7) is 7.04. The molecular weight excluding hydrogens is 376 g/mol. The van der Waals surface area contributed by atoms with Gasteiger partial charge in [0.25, 0.3) is 0 Å². The van der Waals surface area contributed by atoms with E-state index in [0.29, 0.717) is 25.0 Å². The fraction of sp³-hybridized carbons (Fsp3) is 0.727. The van der Waals surface area contributed by atoms with Crippen LogP contribution in [0.4, 0.5) is 0 Å². The van der Waals surface area contributed by atoms with Gasteiger partial charge in [0.2, 0.25) is 0 Å². The summed E-state index contributed by atoms with van der Waals surface area (Å²) < 4.78 is 17.2. The third-order valence-electron chi connectivity index (χ3n) is 8.62. The number of aliphatic hydroxyl groups is 2. The minimum absolute atomic E-state index is 0.256. The van der Waals surface area contributed by atoms with Crippen molar-refractivity contribution in [1.29, 1.82) is 0 Å². The zero-order valence-electron chi connectivity index (χ0n) is 17.2. The molecule has 2 heterocycles. The Hall–Kier alpha value is -1.86. The Morgan fingerprint density at radius 2 is 2.03 bits per heavy atom. The average molecular weight is 404 g/mol. The van der Waals surface area contributed by atoms with E-state index in [1.54, 1.807) is 12.3 Å². The molecule has 1 aromatic rings. The molecule has 0 spiro atoms. The van der Waals surface area contributed by atoms with Crippen LogP contribution in [0.2, 0.25) is 0 Å². The van der Waals surface area contributed by atoms with Crippen LogP contribution in [0.5, 0.6) is 0 Å². The first kappa shape index (κ1) is 19.1. The summed E-state index contributed by atoms with van der Waals surface area (Å²) in [6, 6.07) is 1.80. The van der Waals surface area contributed by atoms with Crippen molar-refractivity contribution < 1.29 is 33.7 Å². The van der Waals surface area contributed by atoms with Crippen LogP contribution in [-0.2, 0) is 25.5 Å². The summed E-state index contributed by atoms with van der Waals surface area (Å²) >= 11 is 0. The minimum Gasteiger partial charge on any atom is -0.469 e. The quantitative estimate of drug-likeness (QED) is 0.689. The zero-order valence-corrected chi connectivity index (χ0v) is 17.2. The second-order valence-corrected chi connectivity index (χ2v) is 10.1. The van der Waals surface area contributed by atoms with Crippen molar-refractivity contribution in [3.05, 3.63) is 23.7 Å². The number of furan rings is 1. The molecule has 29 heavy (non-hydrogen) atoms. The number of ether oxygens (including phenoxy) is 2. The summed E-state index contributed by atoms with van der Waals surface area (Å²) in [5.41, 5.74) is -2.44. The fourth-order valence-corrected chi connectivity index (χ4v) is 7.19. The van der Waals surface area contributed by atoms with Crippen LogP contribution < -0.4 is 0 Å². The highest BCUT2D eigenvalue weighted by Crippen LogP contribution is 2.69. The topological polar surface area (TPSA) is 106 Å². The number of carbonyl (C=O) groups is 2. The smallest absolute Gasteiger partial charge is 0.314 e. The number of aliphatic hydroxyl groups excluding tert-OH is 1. The fourth-order valence-electron chi connectivity index (χ4n) is 7.19. The molecule has 1 saturated heterocycles. The SMILES string of the molecule is CC(=O)O[C@H]1[C@@H]2OC(=O)[C@@H]3c4ccoc4C[C@@H](C32)[C@@]2(C)[C@@H](O)CCC(C)(C)[C@]12O. The lowest BCUT2D eigenvalue weighted by Crippen LogP contribution is -2.79. The van der Waals surface area contributed by atoms with Crippen LogP contribution >= 0.6 is 0 Å². The summed E-state index contributed by atoms with van der Waals surface area (Å²) in [6.07, 6.45) is 0.544. The summed E-state index contributed by atoms with van der Waals surface area (Å²) in [7, 11) is 0. The Bertz CT molecular complexity index is 887. The van der Waals surface area contributed by atoms with Gasteiger partial charge in [-0.3, -0.25) is 9.59 Å². The molecule has 3 aliphatic carbocycles. The Balaban J connectivity index is 1.77. The lowest BCUT2D eigenvalue weighted by molar-refractivity contribution is -0.330. The molecule has 158 valence electrons. The highest BCUT2D eigenvalue weighted by atomic mass is 16.6. The van der Waals surface area contributed by atoms with E-state index in [-0.39, 0.29) is 17.8 Å². The molecular formula is C22H28O7. The number of fused-ring (bicyclic) bond motifs is 4. The van der Waals surface area contributed by atoms with Crippen molar-refractivity contribution in [2.24, 2.45) is 22.7 Å². The molecule has 2 N–H and O–H groups in total. The standard InChI is InChI=1S/C22H28O7/c1-10(23)28-18-17-16-12(9-13-11(6-8-27-13)15(16)19(25)29-17)21(4)14(24)5-7-20(2,3)22(18,21)26/h6,8,12,14-18,24,26H,5,7,9H2,1-4H3/t12-,14-,15+,16?,17+,18-,21-,22+/m0/s1. The molecule has 5 rings (SSSR count). The molecule has 0 bridgehead atoms. The molecule has 8 atom stereocenters. The highest BCUT2D eigenvalue weighted by Gasteiger charge is 2.78. The molecule has 1 aromatic heterocycles. The Morgan fingerprint density at radius 3 is 2.72 bits per heavy atom. The van der Waals surface area contributed by atoms with Crippen LogP contribution in [-0.4, -0.2) is 46.1 Å². The maximum atomic E-state index is 13.0. The van der Waals surface area contributed by atoms with E-state index in [4.69, 9.17) is 13.9 Å². The van der Waals surface area contributed by atoms with E-state index in [2.05, 4.69) is 0 Å². The van der Waals surface area contributed by atoms with Crippen LogP contribution in [0.15, 0.2) is 16.7 Å². The van der Waals surface area contributed by atoms with Crippen molar-refractivity contribution >= 4 is 11.9 Å². The molecule has 1 unspecified atom stereocenters. The lowest BCUT2D eigenvalue weighted by Gasteiger charge is -2.68. The van der Waals surface area contributed by atoms with Crippen LogP contribution in [0, 0.1) is 22.7 Å². The lowest BCUT2D eigenvalue weighted by atomic mass is 9.39. The molecule has 7 nitrogen and oxygen atoms in total. The summed E-state index contributed by atoms with van der Waals surface area (Å²) in [5, 5.41) is 23.6. The van der Waals surface area contributed by atoms with Gasteiger partial charge in [-0.1, -0.05) is 20.8 Å².